The van der Waals surface area contributed by atoms with Crippen molar-refractivity contribution in [1.82, 2.24) is 10.6 Å². The van der Waals surface area contributed by atoms with Crippen LogP contribution in [0.1, 0.15) is 51.9 Å². The SMILES string of the molecule is C=CNCCCNC1CCCC(C)CCC1. The average molecular weight is 224 g/mol. The van der Waals surface area contributed by atoms with E-state index in [-0.39, 0.29) is 0 Å². The molecule has 0 atom stereocenters. The fourth-order valence-electron chi connectivity index (χ4n) is 2.52. The van der Waals surface area contributed by atoms with Crippen molar-refractivity contribution in [3.8, 4) is 0 Å². The van der Waals surface area contributed by atoms with Crippen LogP contribution in [0.5, 0.6) is 0 Å². The molecule has 1 aliphatic carbocycles. The van der Waals surface area contributed by atoms with Crippen molar-refractivity contribution >= 4 is 0 Å². The van der Waals surface area contributed by atoms with Crippen LogP contribution in [0.3, 0.4) is 0 Å². The molecule has 0 heterocycles. The Balaban J connectivity index is 2.04. The highest BCUT2D eigenvalue weighted by Gasteiger charge is 2.13. The summed E-state index contributed by atoms with van der Waals surface area (Å²) in [6.07, 6.45) is 11.4. The Morgan fingerprint density at radius 3 is 2.44 bits per heavy atom. The molecule has 2 nitrogen and oxygen atoms in total. The first-order chi connectivity index (χ1) is 7.83. The lowest BCUT2D eigenvalue weighted by Crippen LogP contribution is -2.32. The largest absolute Gasteiger partial charge is 0.391 e. The maximum Gasteiger partial charge on any atom is 0.0153 e. The second-order valence-electron chi connectivity index (χ2n) is 5.13. The molecular formula is C14H28N2. The molecule has 0 bridgehead atoms. The zero-order valence-electron chi connectivity index (χ0n) is 10.8. The second-order valence-corrected chi connectivity index (χ2v) is 5.13. The van der Waals surface area contributed by atoms with Gasteiger partial charge in [0.1, 0.15) is 0 Å². The van der Waals surface area contributed by atoms with Crippen LogP contribution in [0.2, 0.25) is 0 Å². The van der Waals surface area contributed by atoms with E-state index in [0.29, 0.717) is 0 Å². The van der Waals surface area contributed by atoms with Gasteiger partial charge in [-0.2, -0.15) is 0 Å². The van der Waals surface area contributed by atoms with Crippen molar-refractivity contribution in [2.75, 3.05) is 13.1 Å². The average Bonchev–Trinajstić information content (AvgIpc) is 2.25. The Morgan fingerprint density at radius 1 is 1.12 bits per heavy atom. The molecule has 0 amide bonds. The molecule has 0 spiro atoms. The Labute approximate surface area is 101 Å². The summed E-state index contributed by atoms with van der Waals surface area (Å²) in [6, 6.07) is 0.774. The highest BCUT2D eigenvalue weighted by atomic mass is 14.9. The fourth-order valence-corrected chi connectivity index (χ4v) is 2.52. The third-order valence-electron chi connectivity index (χ3n) is 3.57. The summed E-state index contributed by atoms with van der Waals surface area (Å²) in [4.78, 5) is 0. The van der Waals surface area contributed by atoms with Gasteiger partial charge in [0.25, 0.3) is 0 Å². The van der Waals surface area contributed by atoms with Gasteiger partial charge in [0.05, 0.1) is 0 Å². The lowest BCUT2D eigenvalue weighted by Gasteiger charge is -2.23. The van der Waals surface area contributed by atoms with E-state index in [9.17, 15) is 0 Å². The predicted molar refractivity (Wildman–Crippen MR) is 71.5 cm³/mol. The van der Waals surface area contributed by atoms with Gasteiger partial charge < -0.3 is 10.6 Å². The molecule has 1 saturated carbocycles. The van der Waals surface area contributed by atoms with E-state index < -0.39 is 0 Å². The molecule has 1 fully saturated rings. The van der Waals surface area contributed by atoms with Crippen LogP contribution in [-0.2, 0) is 0 Å². The predicted octanol–water partition coefficient (Wildman–Crippen LogP) is 3.06. The zero-order chi connectivity index (χ0) is 11.6. The van der Waals surface area contributed by atoms with E-state index in [4.69, 9.17) is 0 Å². The van der Waals surface area contributed by atoms with Crippen LogP contribution in [0.25, 0.3) is 0 Å². The summed E-state index contributed by atoms with van der Waals surface area (Å²) in [6.45, 7) is 8.23. The van der Waals surface area contributed by atoms with Gasteiger partial charge in [0.2, 0.25) is 0 Å². The van der Waals surface area contributed by atoms with Gasteiger partial charge in [-0.05, 0) is 37.9 Å². The zero-order valence-corrected chi connectivity index (χ0v) is 10.8. The Bertz CT molecular complexity index is 170. The first-order valence-electron chi connectivity index (χ1n) is 6.90. The van der Waals surface area contributed by atoms with E-state index in [0.717, 1.165) is 25.0 Å². The van der Waals surface area contributed by atoms with E-state index in [2.05, 4.69) is 24.1 Å². The van der Waals surface area contributed by atoms with Crippen molar-refractivity contribution < 1.29 is 0 Å². The van der Waals surface area contributed by atoms with Crippen molar-refractivity contribution in [3.05, 3.63) is 12.8 Å². The molecule has 0 aromatic heterocycles. The first kappa shape index (κ1) is 13.6. The van der Waals surface area contributed by atoms with Crippen LogP contribution >= 0.6 is 0 Å². The molecule has 94 valence electrons. The molecule has 0 aromatic carbocycles. The molecule has 0 aliphatic heterocycles. The number of rotatable bonds is 6. The van der Waals surface area contributed by atoms with Crippen molar-refractivity contribution in [2.45, 2.75) is 57.9 Å². The van der Waals surface area contributed by atoms with Crippen molar-refractivity contribution in [3.63, 3.8) is 0 Å². The summed E-state index contributed by atoms with van der Waals surface area (Å²) in [5.41, 5.74) is 0. The smallest absolute Gasteiger partial charge is 0.0153 e. The molecule has 16 heavy (non-hydrogen) atoms. The summed E-state index contributed by atoms with van der Waals surface area (Å²) < 4.78 is 0. The molecule has 0 saturated heterocycles. The number of hydrogen-bond acceptors (Lipinski definition) is 2. The Morgan fingerprint density at radius 2 is 1.81 bits per heavy atom. The van der Waals surface area contributed by atoms with Crippen molar-refractivity contribution in [1.29, 1.82) is 0 Å². The number of nitrogens with one attached hydrogen (secondary N) is 2. The minimum atomic E-state index is 0.774. The summed E-state index contributed by atoms with van der Waals surface area (Å²) in [5.74, 6) is 0.956. The van der Waals surface area contributed by atoms with Crippen LogP contribution in [0.4, 0.5) is 0 Å². The minimum absolute atomic E-state index is 0.774. The summed E-state index contributed by atoms with van der Waals surface area (Å²) in [5, 5.41) is 6.83. The van der Waals surface area contributed by atoms with Gasteiger partial charge in [0, 0.05) is 12.6 Å². The van der Waals surface area contributed by atoms with Gasteiger partial charge in [-0.25, -0.2) is 0 Å². The monoisotopic (exact) mass is 224 g/mol. The molecule has 0 aromatic rings. The lowest BCUT2D eigenvalue weighted by atomic mass is 9.90. The van der Waals surface area contributed by atoms with Crippen LogP contribution in [-0.4, -0.2) is 19.1 Å². The number of hydrogen-bond donors (Lipinski definition) is 2. The van der Waals surface area contributed by atoms with E-state index >= 15 is 0 Å². The maximum atomic E-state index is 3.69. The minimum Gasteiger partial charge on any atom is -0.391 e. The van der Waals surface area contributed by atoms with Gasteiger partial charge >= 0.3 is 0 Å². The molecular weight excluding hydrogens is 196 g/mol. The van der Waals surface area contributed by atoms with Crippen LogP contribution in [0.15, 0.2) is 12.8 Å². The maximum absolute atomic E-state index is 3.69. The third-order valence-corrected chi connectivity index (χ3v) is 3.57. The summed E-state index contributed by atoms with van der Waals surface area (Å²) >= 11 is 0. The standard InChI is InChI=1S/C14H28N2/c1-3-15-11-6-12-16-14-9-4-7-13(2)8-5-10-14/h3,13-16H,1,4-12H2,2H3. The van der Waals surface area contributed by atoms with Crippen LogP contribution in [0, 0.1) is 5.92 Å². The van der Waals surface area contributed by atoms with E-state index in [1.54, 1.807) is 6.20 Å². The summed E-state index contributed by atoms with van der Waals surface area (Å²) in [7, 11) is 0. The molecule has 1 aliphatic rings. The highest BCUT2D eigenvalue weighted by Crippen LogP contribution is 2.21. The van der Waals surface area contributed by atoms with Crippen LogP contribution < -0.4 is 10.6 Å². The molecule has 0 radical (unpaired) electrons. The van der Waals surface area contributed by atoms with Crippen molar-refractivity contribution in [2.24, 2.45) is 5.92 Å². The molecule has 2 heteroatoms. The van der Waals surface area contributed by atoms with E-state index in [1.807, 2.05) is 0 Å². The Kier molecular flexibility index (Phi) is 7.32. The normalized spacial score (nSPS) is 26.8. The van der Waals surface area contributed by atoms with E-state index in [1.165, 1.54) is 44.9 Å². The molecule has 0 unspecified atom stereocenters. The Hall–Kier alpha value is -0.500. The van der Waals surface area contributed by atoms with Gasteiger partial charge in [-0.15, -0.1) is 0 Å². The van der Waals surface area contributed by atoms with Gasteiger partial charge in [-0.1, -0.05) is 39.2 Å². The fraction of sp³-hybridized carbons (Fsp3) is 0.857. The lowest BCUT2D eigenvalue weighted by molar-refractivity contribution is 0.342. The quantitative estimate of drug-likeness (QED) is 0.678. The second kappa shape index (κ2) is 8.63. The molecule has 2 N–H and O–H groups in total. The third kappa shape index (κ3) is 6.16. The molecule has 1 rings (SSSR count). The highest BCUT2D eigenvalue weighted by molar-refractivity contribution is 4.72. The topological polar surface area (TPSA) is 24.1 Å². The van der Waals surface area contributed by atoms with Gasteiger partial charge in [0.15, 0.2) is 0 Å². The van der Waals surface area contributed by atoms with Gasteiger partial charge in [-0.3, -0.25) is 0 Å². The first-order valence-corrected chi connectivity index (χ1v) is 6.90.